The number of para-hydroxylation sites is 1. The Hall–Kier alpha value is -4.30. The maximum absolute atomic E-state index is 2.44. The molecule has 0 aliphatic heterocycles. The number of hydrogen-bond donors (Lipinski definition) is 0. The van der Waals surface area contributed by atoms with Crippen molar-refractivity contribution in [2.24, 2.45) is 0 Å². The minimum Gasteiger partial charge on any atom is -0.200 e. The summed E-state index contributed by atoms with van der Waals surface area (Å²) in [5, 5.41) is 3.97. The van der Waals surface area contributed by atoms with Crippen LogP contribution in [0.25, 0.3) is 32.8 Å². The fraction of sp³-hybridized carbons (Fsp3) is 0.143. The first-order valence-electron chi connectivity index (χ1n) is 13.1. The van der Waals surface area contributed by atoms with Crippen LogP contribution in [-0.4, -0.2) is 0 Å². The lowest BCUT2D eigenvalue weighted by Crippen LogP contribution is -2.37. The van der Waals surface area contributed by atoms with Gasteiger partial charge >= 0.3 is 0 Å². The van der Waals surface area contributed by atoms with E-state index >= 15 is 0 Å². The molecule has 0 amide bonds. The van der Waals surface area contributed by atoms with Gasteiger partial charge in [-0.3, -0.25) is 0 Å². The molecule has 0 unspecified atom stereocenters. The Kier molecular flexibility index (Phi) is 4.97. The third-order valence-electron chi connectivity index (χ3n) is 8.03. The summed E-state index contributed by atoms with van der Waals surface area (Å²) in [6.45, 7) is 6.52. The van der Waals surface area contributed by atoms with Crippen LogP contribution in [0.5, 0.6) is 0 Å². The molecule has 0 saturated carbocycles. The summed E-state index contributed by atoms with van der Waals surface area (Å²) >= 11 is 0. The van der Waals surface area contributed by atoms with E-state index in [0.717, 1.165) is 13.1 Å². The molecule has 2 heterocycles. The molecule has 2 aromatic heterocycles. The molecular formula is C35H30N2+2. The highest BCUT2D eigenvalue weighted by Gasteiger charge is 2.41. The number of benzene rings is 4. The molecule has 0 spiro atoms. The van der Waals surface area contributed by atoms with Crippen molar-refractivity contribution in [3.8, 4) is 11.1 Å². The van der Waals surface area contributed by atoms with Crippen molar-refractivity contribution in [1.29, 1.82) is 0 Å². The fourth-order valence-corrected chi connectivity index (χ4v) is 6.27. The highest BCUT2D eigenvalue weighted by atomic mass is 15.0. The third kappa shape index (κ3) is 3.55. The summed E-state index contributed by atoms with van der Waals surface area (Å²) in [5.74, 6) is 0. The van der Waals surface area contributed by atoms with E-state index in [1.807, 2.05) is 0 Å². The maximum Gasteiger partial charge on any atom is 0.213 e. The van der Waals surface area contributed by atoms with E-state index < -0.39 is 0 Å². The van der Waals surface area contributed by atoms with Gasteiger partial charge < -0.3 is 0 Å². The molecular weight excluding hydrogens is 448 g/mol. The van der Waals surface area contributed by atoms with Gasteiger partial charge in [-0.15, -0.1) is 0 Å². The van der Waals surface area contributed by atoms with E-state index in [0.29, 0.717) is 0 Å². The number of pyridine rings is 2. The number of fused-ring (bicyclic) bond motifs is 7. The lowest BCUT2D eigenvalue weighted by atomic mass is 9.81. The van der Waals surface area contributed by atoms with Gasteiger partial charge in [-0.2, -0.15) is 4.57 Å². The van der Waals surface area contributed by atoms with E-state index in [-0.39, 0.29) is 5.41 Å². The van der Waals surface area contributed by atoms with Gasteiger partial charge in [-0.1, -0.05) is 92.7 Å². The first-order valence-corrected chi connectivity index (χ1v) is 13.1. The van der Waals surface area contributed by atoms with Gasteiger partial charge in [-0.25, -0.2) is 4.57 Å². The SMILES string of the molecule is CC1(C)c2c[n+](Cc3ccccc3)c3ccccc3c2-c2ccc3c[n+](Cc4ccccc4)ccc3c21. The molecule has 0 N–H and O–H groups in total. The Morgan fingerprint density at radius 3 is 2.05 bits per heavy atom. The molecule has 0 fully saturated rings. The summed E-state index contributed by atoms with van der Waals surface area (Å²) < 4.78 is 4.73. The second-order valence-corrected chi connectivity index (χ2v) is 10.8. The first kappa shape index (κ1) is 21.9. The molecule has 7 rings (SSSR count). The molecule has 1 aliphatic carbocycles. The van der Waals surface area contributed by atoms with Crippen LogP contribution in [0, 0.1) is 0 Å². The molecule has 0 bridgehead atoms. The van der Waals surface area contributed by atoms with Gasteiger partial charge in [0, 0.05) is 45.2 Å². The van der Waals surface area contributed by atoms with Crippen LogP contribution in [0.4, 0.5) is 0 Å². The van der Waals surface area contributed by atoms with Gasteiger partial charge in [0.15, 0.2) is 31.7 Å². The summed E-state index contributed by atoms with van der Waals surface area (Å²) in [5.41, 5.74) is 9.43. The lowest BCUT2D eigenvalue weighted by molar-refractivity contribution is -0.687. The summed E-state index contributed by atoms with van der Waals surface area (Å²) in [6.07, 6.45) is 6.95. The molecule has 178 valence electrons. The van der Waals surface area contributed by atoms with E-state index in [2.05, 4.69) is 145 Å². The Bertz CT molecular complexity index is 1780. The van der Waals surface area contributed by atoms with Gasteiger partial charge in [0.2, 0.25) is 5.52 Å². The van der Waals surface area contributed by atoms with Crippen LogP contribution >= 0.6 is 0 Å². The summed E-state index contributed by atoms with van der Waals surface area (Å²) in [6, 6.07) is 37.3. The minimum absolute atomic E-state index is 0.0989. The highest BCUT2D eigenvalue weighted by molar-refractivity contribution is 6.04. The molecule has 0 saturated heterocycles. The van der Waals surface area contributed by atoms with Crippen molar-refractivity contribution < 1.29 is 9.13 Å². The molecule has 4 aromatic carbocycles. The Morgan fingerprint density at radius 2 is 1.30 bits per heavy atom. The fourth-order valence-electron chi connectivity index (χ4n) is 6.27. The predicted molar refractivity (Wildman–Crippen MR) is 150 cm³/mol. The van der Waals surface area contributed by atoms with Crippen molar-refractivity contribution in [3.05, 3.63) is 144 Å². The van der Waals surface area contributed by atoms with Crippen LogP contribution in [-0.2, 0) is 18.5 Å². The molecule has 6 aromatic rings. The van der Waals surface area contributed by atoms with Crippen LogP contribution < -0.4 is 9.13 Å². The quantitative estimate of drug-likeness (QED) is 0.242. The van der Waals surface area contributed by atoms with Gasteiger partial charge in [-0.05, 0) is 28.6 Å². The second kappa shape index (κ2) is 8.38. The van der Waals surface area contributed by atoms with E-state index in [9.17, 15) is 0 Å². The molecule has 1 aliphatic rings. The molecule has 2 heteroatoms. The topological polar surface area (TPSA) is 7.76 Å². The maximum atomic E-state index is 2.44. The van der Waals surface area contributed by atoms with Crippen molar-refractivity contribution in [2.75, 3.05) is 0 Å². The average molecular weight is 479 g/mol. The second-order valence-electron chi connectivity index (χ2n) is 10.8. The molecule has 0 radical (unpaired) electrons. The molecule has 0 atom stereocenters. The Labute approximate surface area is 218 Å². The Morgan fingerprint density at radius 1 is 0.622 bits per heavy atom. The predicted octanol–water partition coefficient (Wildman–Crippen LogP) is 6.97. The van der Waals surface area contributed by atoms with Gasteiger partial charge in [0.1, 0.15) is 0 Å². The summed E-state index contributed by atoms with van der Waals surface area (Å²) in [7, 11) is 0. The monoisotopic (exact) mass is 478 g/mol. The van der Waals surface area contributed by atoms with Gasteiger partial charge in [0.25, 0.3) is 0 Å². The average Bonchev–Trinajstić information content (AvgIpc) is 3.16. The number of aromatic nitrogens is 2. The van der Waals surface area contributed by atoms with Crippen molar-refractivity contribution >= 4 is 21.7 Å². The number of nitrogens with zero attached hydrogens (tertiary/aromatic N) is 2. The lowest BCUT2D eigenvalue weighted by Gasteiger charge is -2.22. The van der Waals surface area contributed by atoms with Crippen LogP contribution in [0.3, 0.4) is 0 Å². The van der Waals surface area contributed by atoms with Crippen LogP contribution in [0.1, 0.15) is 36.1 Å². The van der Waals surface area contributed by atoms with Crippen molar-refractivity contribution in [1.82, 2.24) is 0 Å². The number of rotatable bonds is 4. The Balaban J connectivity index is 1.40. The third-order valence-corrected chi connectivity index (χ3v) is 8.03. The number of hydrogen-bond acceptors (Lipinski definition) is 0. The highest BCUT2D eigenvalue weighted by Crippen LogP contribution is 2.52. The molecule has 2 nitrogen and oxygen atoms in total. The van der Waals surface area contributed by atoms with Gasteiger partial charge in [0.05, 0.1) is 5.39 Å². The standard InChI is InChI=1S/C35H30N2/c1-35(2)31-24-37(22-26-13-7-4-8-14-26)32-16-10-9-15-29(32)33(31)30-18-17-27-23-36(20-19-28(27)34(30)35)21-25-11-5-3-6-12-25/h3-20,23-24H,21-22H2,1-2H3/q+2. The van der Waals surface area contributed by atoms with E-state index in [4.69, 9.17) is 0 Å². The van der Waals surface area contributed by atoms with E-state index in [1.54, 1.807) is 0 Å². The van der Waals surface area contributed by atoms with Crippen molar-refractivity contribution in [3.63, 3.8) is 0 Å². The minimum atomic E-state index is -0.0989. The van der Waals surface area contributed by atoms with Crippen LogP contribution in [0.2, 0.25) is 0 Å². The normalized spacial score (nSPS) is 13.6. The van der Waals surface area contributed by atoms with E-state index in [1.165, 1.54) is 55.1 Å². The first-order chi connectivity index (χ1) is 18.1. The summed E-state index contributed by atoms with van der Waals surface area (Å²) in [4.78, 5) is 0. The van der Waals surface area contributed by atoms with Crippen LogP contribution in [0.15, 0.2) is 122 Å². The smallest absolute Gasteiger partial charge is 0.200 e. The zero-order valence-corrected chi connectivity index (χ0v) is 21.4. The zero-order chi connectivity index (χ0) is 25.0. The van der Waals surface area contributed by atoms with Crippen molar-refractivity contribution in [2.45, 2.75) is 32.4 Å². The molecule has 37 heavy (non-hydrogen) atoms. The largest absolute Gasteiger partial charge is 0.213 e. The zero-order valence-electron chi connectivity index (χ0n) is 21.4.